The monoisotopic (exact) mass is 272 g/mol. The quantitative estimate of drug-likeness (QED) is 0.768. The minimum atomic E-state index is -2.99. The fourth-order valence-corrected chi connectivity index (χ4v) is 2.41. The summed E-state index contributed by atoms with van der Waals surface area (Å²) in [5, 5.41) is 8.63. The van der Waals surface area contributed by atoms with Crippen molar-refractivity contribution in [1.82, 2.24) is 0 Å². The molecule has 0 aromatic heterocycles. The SMILES string of the molecule is CC(C)S(=O)(=O)CCCOc1cccc(CO)c1. The summed E-state index contributed by atoms with van der Waals surface area (Å²) in [6.07, 6.45) is 0.476. The number of aliphatic hydroxyl groups is 1. The lowest BCUT2D eigenvalue weighted by Gasteiger charge is -2.09. The maximum atomic E-state index is 11.6. The molecular formula is C13H20O4S. The fourth-order valence-electron chi connectivity index (χ4n) is 1.42. The molecule has 4 nitrogen and oxygen atoms in total. The zero-order valence-electron chi connectivity index (χ0n) is 10.8. The Hall–Kier alpha value is -1.07. The first-order valence-corrected chi connectivity index (χ1v) is 7.71. The van der Waals surface area contributed by atoms with Crippen LogP contribution in [0.15, 0.2) is 24.3 Å². The van der Waals surface area contributed by atoms with Gasteiger partial charge in [0, 0.05) is 0 Å². The largest absolute Gasteiger partial charge is 0.494 e. The summed E-state index contributed by atoms with van der Waals surface area (Å²) in [4.78, 5) is 0. The summed E-state index contributed by atoms with van der Waals surface area (Å²) in [5.41, 5.74) is 0.780. The molecule has 0 aliphatic carbocycles. The maximum absolute atomic E-state index is 11.6. The topological polar surface area (TPSA) is 63.6 Å². The Labute approximate surface area is 109 Å². The van der Waals surface area contributed by atoms with Crippen molar-refractivity contribution in [3.63, 3.8) is 0 Å². The van der Waals surface area contributed by atoms with E-state index in [1.165, 1.54) is 0 Å². The van der Waals surface area contributed by atoms with E-state index in [-0.39, 0.29) is 17.6 Å². The van der Waals surface area contributed by atoms with Crippen molar-refractivity contribution < 1.29 is 18.3 Å². The van der Waals surface area contributed by atoms with Crippen LogP contribution in [-0.2, 0) is 16.4 Å². The third-order valence-corrected chi connectivity index (χ3v) is 4.94. The first-order valence-electron chi connectivity index (χ1n) is 6.00. The first kappa shape index (κ1) is 15.0. The molecule has 1 aromatic carbocycles. The normalized spacial score (nSPS) is 11.8. The second-order valence-electron chi connectivity index (χ2n) is 4.42. The summed E-state index contributed by atoms with van der Waals surface area (Å²) < 4.78 is 28.6. The Kier molecular flexibility index (Phi) is 5.62. The van der Waals surface area contributed by atoms with Crippen molar-refractivity contribution >= 4 is 9.84 Å². The lowest BCUT2D eigenvalue weighted by Crippen LogP contribution is -2.19. The van der Waals surface area contributed by atoms with Gasteiger partial charge in [0.1, 0.15) is 5.75 Å². The van der Waals surface area contributed by atoms with Gasteiger partial charge in [-0.25, -0.2) is 8.42 Å². The third kappa shape index (κ3) is 4.66. The summed E-state index contributed by atoms with van der Waals surface area (Å²) in [6.45, 7) is 3.70. The van der Waals surface area contributed by atoms with Gasteiger partial charge in [0.15, 0.2) is 9.84 Å². The molecule has 0 saturated heterocycles. The second-order valence-corrected chi connectivity index (χ2v) is 7.10. The number of benzene rings is 1. The van der Waals surface area contributed by atoms with Gasteiger partial charge in [-0.3, -0.25) is 0 Å². The van der Waals surface area contributed by atoms with Crippen LogP contribution in [0.1, 0.15) is 25.8 Å². The molecule has 0 aliphatic heterocycles. The average molecular weight is 272 g/mol. The molecule has 5 heteroatoms. The lowest BCUT2D eigenvalue weighted by molar-refractivity contribution is 0.279. The molecule has 0 bridgehead atoms. The van der Waals surface area contributed by atoms with Crippen molar-refractivity contribution in [1.29, 1.82) is 0 Å². The Morgan fingerprint density at radius 3 is 2.67 bits per heavy atom. The molecule has 1 N–H and O–H groups in total. The van der Waals surface area contributed by atoms with Crippen LogP contribution in [0.2, 0.25) is 0 Å². The van der Waals surface area contributed by atoms with Gasteiger partial charge in [-0.1, -0.05) is 12.1 Å². The van der Waals surface area contributed by atoms with Gasteiger partial charge in [0.05, 0.1) is 24.2 Å². The van der Waals surface area contributed by atoms with Crippen molar-refractivity contribution in [2.45, 2.75) is 32.1 Å². The molecule has 18 heavy (non-hydrogen) atoms. The highest BCUT2D eigenvalue weighted by atomic mass is 32.2. The number of rotatable bonds is 7. The van der Waals surface area contributed by atoms with Gasteiger partial charge in [0.25, 0.3) is 0 Å². The zero-order valence-corrected chi connectivity index (χ0v) is 11.6. The Bertz CT molecular complexity index is 466. The molecule has 0 amide bonds. The van der Waals surface area contributed by atoms with Crippen LogP contribution >= 0.6 is 0 Å². The molecule has 0 fully saturated rings. The van der Waals surface area contributed by atoms with Crippen molar-refractivity contribution in [2.75, 3.05) is 12.4 Å². The van der Waals surface area contributed by atoms with Gasteiger partial charge in [-0.15, -0.1) is 0 Å². The predicted molar refractivity (Wildman–Crippen MR) is 71.4 cm³/mol. The highest BCUT2D eigenvalue weighted by molar-refractivity contribution is 7.91. The third-order valence-electron chi connectivity index (χ3n) is 2.64. The fraction of sp³-hybridized carbons (Fsp3) is 0.538. The van der Waals surface area contributed by atoms with Gasteiger partial charge >= 0.3 is 0 Å². The molecule has 1 aromatic rings. The van der Waals surface area contributed by atoms with Crippen LogP contribution in [0.3, 0.4) is 0 Å². The lowest BCUT2D eigenvalue weighted by atomic mass is 10.2. The van der Waals surface area contributed by atoms with E-state index in [0.29, 0.717) is 18.8 Å². The Morgan fingerprint density at radius 1 is 1.33 bits per heavy atom. The van der Waals surface area contributed by atoms with Crippen LogP contribution in [0.5, 0.6) is 5.75 Å². The molecule has 0 aliphatic rings. The number of hydrogen-bond donors (Lipinski definition) is 1. The number of aliphatic hydroxyl groups excluding tert-OH is 1. The minimum absolute atomic E-state index is 0.0288. The molecule has 0 atom stereocenters. The smallest absolute Gasteiger partial charge is 0.152 e. The second kappa shape index (κ2) is 6.75. The van der Waals surface area contributed by atoms with Gasteiger partial charge < -0.3 is 9.84 Å². The zero-order chi connectivity index (χ0) is 13.6. The minimum Gasteiger partial charge on any atom is -0.494 e. The van der Waals surface area contributed by atoms with Gasteiger partial charge in [-0.2, -0.15) is 0 Å². The van der Waals surface area contributed by atoms with Crippen LogP contribution in [0, 0.1) is 0 Å². The van der Waals surface area contributed by atoms with Crippen LogP contribution < -0.4 is 4.74 Å². The van der Waals surface area contributed by atoms with E-state index in [4.69, 9.17) is 9.84 Å². The standard InChI is InChI=1S/C13H20O4S/c1-11(2)18(15,16)8-4-7-17-13-6-3-5-12(9-13)10-14/h3,5-6,9,11,14H,4,7-8,10H2,1-2H3. The Balaban J connectivity index is 2.38. The van der Waals surface area contributed by atoms with E-state index >= 15 is 0 Å². The van der Waals surface area contributed by atoms with Crippen molar-refractivity contribution in [3.05, 3.63) is 29.8 Å². The van der Waals surface area contributed by atoms with Crippen molar-refractivity contribution in [2.24, 2.45) is 0 Å². The van der Waals surface area contributed by atoms with E-state index in [1.807, 2.05) is 0 Å². The number of hydrogen-bond acceptors (Lipinski definition) is 4. The molecule has 1 rings (SSSR count). The Morgan fingerprint density at radius 2 is 2.06 bits per heavy atom. The summed E-state index contributed by atoms with van der Waals surface area (Å²) in [6, 6.07) is 7.13. The predicted octanol–water partition coefficient (Wildman–Crippen LogP) is 1.77. The molecule has 102 valence electrons. The average Bonchev–Trinajstić information content (AvgIpc) is 2.35. The van der Waals surface area contributed by atoms with Crippen molar-refractivity contribution in [3.8, 4) is 5.75 Å². The molecule has 0 saturated carbocycles. The molecule has 0 radical (unpaired) electrons. The van der Waals surface area contributed by atoms with E-state index in [0.717, 1.165) is 5.56 Å². The van der Waals surface area contributed by atoms with E-state index < -0.39 is 9.84 Å². The number of sulfone groups is 1. The highest BCUT2D eigenvalue weighted by Crippen LogP contribution is 2.13. The van der Waals surface area contributed by atoms with E-state index in [2.05, 4.69) is 0 Å². The molecule has 0 spiro atoms. The van der Waals surface area contributed by atoms with Crippen LogP contribution in [0.25, 0.3) is 0 Å². The van der Waals surface area contributed by atoms with Crippen LogP contribution in [-0.4, -0.2) is 31.1 Å². The first-order chi connectivity index (χ1) is 8.45. The van der Waals surface area contributed by atoms with E-state index in [9.17, 15) is 8.42 Å². The summed E-state index contributed by atoms with van der Waals surface area (Å²) in [7, 11) is -2.99. The summed E-state index contributed by atoms with van der Waals surface area (Å²) >= 11 is 0. The molecule has 0 heterocycles. The highest BCUT2D eigenvalue weighted by Gasteiger charge is 2.15. The summed E-state index contributed by atoms with van der Waals surface area (Å²) in [5.74, 6) is 0.799. The van der Waals surface area contributed by atoms with Gasteiger partial charge in [-0.05, 0) is 38.0 Å². The molecule has 0 unspecified atom stereocenters. The molecular weight excluding hydrogens is 252 g/mol. The number of ether oxygens (including phenoxy) is 1. The maximum Gasteiger partial charge on any atom is 0.152 e. The van der Waals surface area contributed by atoms with E-state index in [1.54, 1.807) is 38.1 Å². The van der Waals surface area contributed by atoms with Crippen LogP contribution in [0.4, 0.5) is 0 Å². The van der Waals surface area contributed by atoms with Gasteiger partial charge in [0.2, 0.25) is 0 Å².